The third-order valence-electron chi connectivity index (χ3n) is 2.96. The van der Waals surface area contributed by atoms with Gasteiger partial charge in [0, 0.05) is 6.04 Å². The molecular weight excluding hydrogens is 262 g/mol. The molecule has 1 atom stereocenters. The lowest BCUT2D eigenvalue weighted by atomic mass is 10.1. The van der Waals surface area contributed by atoms with Crippen LogP contribution in [0, 0.1) is 6.92 Å². The first-order chi connectivity index (χ1) is 8.74. The molecule has 1 unspecified atom stereocenters. The Kier molecular flexibility index (Phi) is 5.11. The second-order valence-electron chi connectivity index (χ2n) is 5.04. The fourth-order valence-electron chi connectivity index (χ4n) is 1.68. The second-order valence-corrected chi connectivity index (χ2v) is 7.36. The maximum Gasteiger partial charge on any atom is 0.238 e. The third kappa shape index (κ3) is 4.35. The normalized spacial score (nSPS) is 13.3. The summed E-state index contributed by atoms with van der Waals surface area (Å²) < 4.78 is 24.4. The fourth-order valence-corrected chi connectivity index (χ4v) is 3.08. The molecule has 0 spiro atoms. The van der Waals surface area contributed by atoms with Crippen LogP contribution in [0.5, 0.6) is 0 Å². The monoisotopic (exact) mass is 283 g/mol. The van der Waals surface area contributed by atoms with E-state index in [9.17, 15) is 13.2 Å². The summed E-state index contributed by atoms with van der Waals surface area (Å²) in [6.45, 7) is 6.91. The molecule has 0 heterocycles. The van der Waals surface area contributed by atoms with Crippen LogP contribution in [0.25, 0.3) is 0 Å². The van der Waals surface area contributed by atoms with Crippen LogP contribution in [0.15, 0.2) is 24.3 Å². The van der Waals surface area contributed by atoms with Crippen molar-refractivity contribution in [2.45, 2.75) is 44.7 Å². The van der Waals surface area contributed by atoms with Crippen LogP contribution < -0.4 is 5.32 Å². The summed E-state index contributed by atoms with van der Waals surface area (Å²) in [4.78, 5) is 11.8. The molecular formula is C14H21NO3S. The number of carbonyl (C=O) groups excluding carboxylic acids is 1. The molecule has 0 aromatic heterocycles. The molecule has 0 aliphatic heterocycles. The summed E-state index contributed by atoms with van der Waals surface area (Å²) in [5, 5.41) is 1.60. The van der Waals surface area contributed by atoms with Gasteiger partial charge in [0.05, 0.1) is 5.75 Å². The van der Waals surface area contributed by atoms with E-state index in [1.54, 1.807) is 26.0 Å². The molecule has 0 fully saturated rings. The van der Waals surface area contributed by atoms with Crippen LogP contribution in [0.3, 0.4) is 0 Å². The van der Waals surface area contributed by atoms with Crippen molar-refractivity contribution in [1.82, 2.24) is 5.32 Å². The molecule has 5 heteroatoms. The Balaban J connectivity index is 2.87. The number of aryl methyl sites for hydroxylation is 1. The van der Waals surface area contributed by atoms with Crippen LogP contribution in [0.4, 0.5) is 0 Å². The van der Waals surface area contributed by atoms with Crippen LogP contribution in [0.2, 0.25) is 0 Å². The minimum atomic E-state index is -3.49. The van der Waals surface area contributed by atoms with Gasteiger partial charge >= 0.3 is 0 Å². The quantitative estimate of drug-likeness (QED) is 0.896. The Labute approximate surface area is 115 Å². The van der Waals surface area contributed by atoms with Crippen molar-refractivity contribution in [3.05, 3.63) is 35.4 Å². The molecule has 0 radical (unpaired) electrons. The van der Waals surface area contributed by atoms with Gasteiger partial charge in [-0.2, -0.15) is 0 Å². The van der Waals surface area contributed by atoms with Crippen molar-refractivity contribution in [3.8, 4) is 0 Å². The largest absolute Gasteiger partial charge is 0.353 e. The topological polar surface area (TPSA) is 63.2 Å². The molecule has 4 nitrogen and oxygen atoms in total. The molecule has 0 aliphatic carbocycles. The van der Waals surface area contributed by atoms with E-state index in [0.29, 0.717) is 0 Å². The van der Waals surface area contributed by atoms with Gasteiger partial charge in [-0.25, -0.2) is 8.42 Å². The Bertz CT molecular complexity index is 550. The molecule has 1 N–H and O–H groups in total. The number of carbonyl (C=O) groups is 1. The molecule has 0 bridgehead atoms. The van der Waals surface area contributed by atoms with Gasteiger partial charge in [-0.1, -0.05) is 24.3 Å². The summed E-state index contributed by atoms with van der Waals surface area (Å²) in [7, 11) is -3.49. The number of nitrogens with one attached hydrogen (secondary N) is 1. The zero-order valence-corrected chi connectivity index (χ0v) is 12.6. The van der Waals surface area contributed by atoms with E-state index in [1.807, 2.05) is 19.1 Å². The molecule has 106 valence electrons. The van der Waals surface area contributed by atoms with Crippen molar-refractivity contribution in [1.29, 1.82) is 0 Å². The minimum absolute atomic E-state index is 0.0661. The van der Waals surface area contributed by atoms with Gasteiger partial charge < -0.3 is 5.32 Å². The lowest BCUT2D eigenvalue weighted by Crippen LogP contribution is -2.41. The molecule has 1 aromatic carbocycles. The summed E-state index contributed by atoms with van der Waals surface area (Å²) in [6.07, 6.45) is 0. The van der Waals surface area contributed by atoms with E-state index in [1.165, 1.54) is 6.92 Å². The first-order valence-corrected chi connectivity index (χ1v) is 8.02. The van der Waals surface area contributed by atoms with Crippen LogP contribution >= 0.6 is 0 Å². The van der Waals surface area contributed by atoms with E-state index in [4.69, 9.17) is 0 Å². The van der Waals surface area contributed by atoms with Crippen molar-refractivity contribution in [2.24, 2.45) is 0 Å². The van der Waals surface area contributed by atoms with Gasteiger partial charge in [0.25, 0.3) is 0 Å². The number of hydrogen-bond donors (Lipinski definition) is 1. The van der Waals surface area contributed by atoms with Gasteiger partial charge in [-0.15, -0.1) is 0 Å². The fraction of sp³-hybridized carbons (Fsp3) is 0.500. The van der Waals surface area contributed by atoms with Crippen LogP contribution in [-0.2, 0) is 20.4 Å². The van der Waals surface area contributed by atoms with Crippen molar-refractivity contribution < 1.29 is 13.2 Å². The Hall–Kier alpha value is -1.36. The molecule has 0 saturated carbocycles. The van der Waals surface area contributed by atoms with Crippen LogP contribution in [-0.4, -0.2) is 25.6 Å². The molecule has 0 saturated heterocycles. The first kappa shape index (κ1) is 15.7. The number of hydrogen-bond acceptors (Lipinski definition) is 3. The highest BCUT2D eigenvalue weighted by Gasteiger charge is 2.28. The molecule has 1 amide bonds. The SMILES string of the molecule is Cc1ccccc1CS(=O)(=O)C(C)C(=O)NC(C)C. The number of benzene rings is 1. The maximum atomic E-state index is 12.2. The highest BCUT2D eigenvalue weighted by atomic mass is 32.2. The van der Waals surface area contributed by atoms with E-state index in [0.717, 1.165) is 11.1 Å². The zero-order valence-electron chi connectivity index (χ0n) is 11.8. The third-order valence-corrected chi connectivity index (χ3v) is 4.96. The Morgan fingerprint density at radius 1 is 1.21 bits per heavy atom. The van der Waals surface area contributed by atoms with Crippen molar-refractivity contribution >= 4 is 15.7 Å². The lowest BCUT2D eigenvalue weighted by molar-refractivity contribution is -0.120. The summed E-state index contributed by atoms with van der Waals surface area (Å²) in [6, 6.07) is 7.24. The Morgan fingerprint density at radius 3 is 2.32 bits per heavy atom. The summed E-state index contributed by atoms with van der Waals surface area (Å²) in [5.41, 5.74) is 1.66. The average Bonchev–Trinajstić information content (AvgIpc) is 2.30. The van der Waals surface area contributed by atoms with Gasteiger partial charge in [0.15, 0.2) is 9.84 Å². The average molecular weight is 283 g/mol. The molecule has 0 aliphatic rings. The van der Waals surface area contributed by atoms with Crippen LogP contribution in [0.1, 0.15) is 31.9 Å². The zero-order chi connectivity index (χ0) is 14.6. The smallest absolute Gasteiger partial charge is 0.238 e. The lowest BCUT2D eigenvalue weighted by Gasteiger charge is -2.16. The van der Waals surface area contributed by atoms with Crippen molar-refractivity contribution in [2.75, 3.05) is 0 Å². The van der Waals surface area contributed by atoms with Crippen molar-refractivity contribution in [3.63, 3.8) is 0 Å². The predicted octanol–water partition coefficient (Wildman–Crippen LogP) is 1.82. The number of rotatable bonds is 5. The van der Waals surface area contributed by atoms with Gasteiger partial charge in [-0.3, -0.25) is 4.79 Å². The van der Waals surface area contributed by atoms with E-state index in [2.05, 4.69) is 5.32 Å². The second kappa shape index (κ2) is 6.19. The molecule has 19 heavy (non-hydrogen) atoms. The van der Waals surface area contributed by atoms with E-state index < -0.39 is 21.0 Å². The highest BCUT2D eigenvalue weighted by molar-refractivity contribution is 7.92. The molecule has 1 aromatic rings. The van der Waals surface area contributed by atoms with E-state index in [-0.39, 0.29) is 11.8 Å². The summed E-state index contributed by atoms with van der Waals surface area (Å²) in [5.74, 6) is -0.546. The first-order valence-electron chi connectivity index (χ1n) is 6.30. The van der Waals surface area contributed by atoms with Gasteiger partial charge in [-0.05, 0) is 38.8 Å². The standard InChI is InChI=1S/C14H21NO3S/c1-10(2)15-14(16)12(4)19(17,18)9-13-8-6-5-7-11(13)3/h5-8,10,12H,9H2,1-4H3,(H,15,16). The number of amides is 1. The van der Waals surface area contributed by atoms with E-state index >= 15 is 0 Å². The minimum Gasteiger partial charge on any atom is -0.353 e. The number of sulfone groups is 1. The Morgan fingerprint density at radius 2 is 1.79 bits per heavy atom. The summed E-state index contributed by atoms with van der Waals surface area (Å²) >= 11 is 0. The molecule has 1 rings (SSSR count). The maximum absolute atomic E-state index is 12.2. The predicted molar refractivity (Wildman–Crippen MR) is 76.5 cm³/mol. The highest BCUT2D eigenvalue weighted by Crippen LogP contribution is 2.15. The van der Waals surface area contributed by atoms with Gasteiger partial charge in [0.2, 0.25) is 5.91 Å². The van der Waals surface area contributed by atoms with Gasteiger partial charge in [0.1, 0.15) is 5.25 Å².